The second-order valence-electron chi connectivity index (χ2n) is 4.53. The Bertz CT molecular complexity index is 458. The summed E-state index contributed by atoms with van der Waals surface area (Å²) in [4.78, 5) is 11.1. The predicted octanol–water partition coefficient (Wildman–Crippen LogP) is 3.07. The smallest absolute Gasteiger partial charge is 0.338 e. The van der Waals surface area contributed by atoms with Crippen LogP contribution in [0.4, 0.5) is 4.39 Å². The third-order valence-corrected chi connectivity index (χ3v) is 3.98. The Kier molecular flexibility index (Phi) is 5.47. The third-order valence-electron chi connectivity index (χ3n) is 2.54. The van der Waals surface area contributed by atoms with E-state index in [4.69, 9.17) is 5.11 Å². The summed E-state index contributed by atoms with van der Waals surface area (Å²) in [7, 11) is -1.26. The van der Waals surface area contributed by atoms with E-state index in [-0.39, 0.29) is 0 Å². The number of hydrogen-bond donors (Lipinski definition) is 1. The van der Waals surface area contributed by atoms with Gasteiger partial charge in [0.15, 0.2) is 0 Å². The first-order valence-corrected chi connectivity index (χ1v) is 7.15. The summed E-state index contributed by atoms with van der Waals surface area (Å²) in [6.45, 7) is 4.17. The summed E-state index contributed by atoms with van der Waals surface area (Å²) >= 11 is 0. The van der Waals surface area contributed by atoms with Crippen LogP contribution in [0.15, 0.2) is 23.1 Å². The van der Waals surface area contributed by atoms with Gasteiger partial charge in [-0.3, -0.25) is 4.21 Å². The fourth-order valence-corrected chi connectivity index (χ4v) is 2.68. The topological polar surface area (TPSA) is 54.4 Å². The van der Waals surface area contributed by atoms with Crippen molar-refractivity contribution < 1.29 is 18.5 Å². The number of hydrogen-bond acceptors (Lipinski definition) is 2. The van der Waals surface area contributed by atoms with Gasteiger partial charge in [-0.2, -0.15) is 0 Å². The van der Waals surface area contributed by atoms with E-state index in [1.54, 1.807) is 0 Å². The van der Waals surface area contributed by atoms with Gasteiger partial charge in [0.1, 0.15) is 5.82 Å². The van der Waals surface area contributed by atoms with Crippen LogP contribution in [0, 0.1) is 11.7 Å². The number of carboxylic acids is 1. The molecule has 0 aliphatic carbocycles. The molecule has 18 heavy (non-hydrogen) atoms. The molecule has 0 amide bonds. The minimum atomic E-state index is -1.34. The molecule has 1 rings (SSSR count). The summed E-state index contributed by atoms with van der Waals surface area (Å²) in [5.41, 5.74) is -0.426. The van der Waals surface area contributed by atoms with Crippen molar-refractivity contribution in [1.82, 2.24) is 0 Å². The van der Waals surface area contributed by atoms with E-state index in [1.165, 1.54) is 6.07 Å². The number of carboxylic acid groups (broad SMARTS) is 1. The average molecular weight is 272 g/mol. The molecule has 5 heteroatoms. The van der Waals surface area contributed by atoms with Gasteiger partial charge in [-0.15, -0.1) is 0 Å². The standard InChI is InChI=1S/C13H17FO3S/c1-9(2)4-3-7-18(17)10-5-6-12(14)11(8-10)13(15)16/h5-6,8-9H,3-4,7H2,1-2H3,(H,15,16). The van der Waals surface area contributed by atoms with Crippen molar-refractivity contribution in [3.05, 3.63) is 29.6 Å². The largest absolute Gasteiger partial charge is 0.478 e. The lowest BCUT2D eigenvalue weighted by Gasteiger charge is -2.06. The van der Waals surface area contributed by atoms with Gasteiger partial charge in [0.25, 0.3) is 0 Å². The molecule has 0 fully saturated rings. The maximum absolute atomic E-state index is 13.2. The maximum atomic E-state index is 13.2. The molecular formula is C13H17FO3S. The number of carbonyl (C=O) groups is 1. The van der Waals surface area contributed by atoms with Crippen LogP contribution in [0.3, 0.4) is 0 Å². The van der Waals surface area contributed by atoms with Crippen LogP contribution in [-0.4, -0.2) is 21.0 Å². The van der Waals surface area contributed by atoms with E-state index in [2.05, 4.69) is 13.8 Å². The van der Waals surface area contributed by atoms with E-state index >= 15 is 0 Å². The first kappa shape index (κ1) is 14.8. The molecule has 0 saturated heterocycles. The second kappa shape index (κ2) is 6.64. The van der Waals surface area contributed by atoms with Crippen LogP contribution >= 0.6 is 0 Å². The number of halogens is 1. The Morgan fingerprint density at radius 2 is 2.11 bits per heavy atom. The van der Waals surface area contributed by atoms with E-state index in [0.717, 1.165) is 25.0 Å². The van der Waals surface area contributed by atoms with Crippen molar-refractivity contribution in [1.29, 1.82) is 0 Å². The lowest BCUT2D eigenvalue weighted by molar-refractivity contribution is 0.0691. The SMILES string of the molecule is CC(C)CCCS(=O)c1ccc(F)c(C(=O)O)c1. The molecule has 1 N–H and O–H groups in total. The van der Waals surface area contributed by atoms with Crippen LogP contribution in [0.25, 0.3) is 0 Å². The number of benzene rings is 1. The zero-order valence-electron chi connectivity index (χ0n) is 10.5. The third kappa shape index (κ3) is 4.22. The highest BCUT2D eigenvalue weighted by Crippen LogP contribution is 2.15. The molecule has 3 nitrogen and oxygen atoms in total. The van der Waals surface area contributed by atoms with Crippen LogP contribution in [0.5, 0.6) is 0 Å². The molecule has 1 atom stereocenters. The quantitative estimate of drug-likeness (QED) is 0.866. The summed E-state index contributed by atoms with van der Waals surface area (Å²) in [6.07, 6.45) is 1.78. The fourth-order valence-electron chi connectivity index (χ4n) is 1.55. The molecule has 0 aromatic heterocycles. The highest BCUT2D eigenvalue weighted by molar-refractivity contribution is 7.85. The predicted molar refractivity (Wildman–Crippen MR) is 68.7 cm³/mol. The van der Waals surface area contributed by atoms with Crippen LogP contribution in [0.1, 0.15) is 37.0 Å². The molecule has 0 bridgehead atoms. The van der Waals surface area contributed by atoms with Gasteiger partial charge in [-0.25, -0.2) is 9.18 Å². The van der Waals surface area contributed by atoms with E-state index in [1.807, 2.05) is 0 Å². The molecule has 0 heterocycles. The van der Waals surface area contributed by atoms with Crippen LogP contribution in [0.2, 0.25) is 0 Å². The van der Waals surface area contributed by atoms with E-state index < -0.39 is 28.1 Å². The highest BCUT2D eigenvalue weighted by Gasteiger charge is 2.13. The molecule has 1 aromatic rings. The average Bonchev–Trinajstić information content (AvgIpc) is 2.28. The van der Waals surface area contributed by atoms with Crippen molar-refractivity contribution in [2.24, 2.45) is 5.92 Å². The van der Waals surface area contributed by atoms with Crippen molar-refractivity contribution >= 4 is 16.8 Å². The Morgan fingerprint density at radius 1 is 1.44 bits per heavy atom. The number of aromatic carboxylic acids is 1. The Labute approximate surface area is 108 Å². The summed E-state index contributed by atoms with van der Waals surface area (Å²) in [5, 5.41) is 8.78. The van der Waals surface area contributed by atoms with Gasteiger partial charge in [-0.05, 0) is 30.5 Å². The molecular weight excluding hydrogens is 255 g/mol. The molecule has 100 valence electrons. The molecule has 0 spiro atoms. The normalized spacial score (nSPS) is 12.7. The maximum Gasteiger partial charge on any atom is 0.338 e. The van der Waals surface area contributed by atoms with Gasteiger partial charge < -0.3 is 5.11 Å². The monoisotopic (exact) mass is 272 g/mol. The Morgan fingerprint density at radius 3 is 2.67 bits per heavy atom. The first-order chi connectivity index (χ1) is 8.41. The second-order valence-corrected chi connectivity index (χ2v) is 6.10. The molecule has 1 aromatic carbocycles. The lowest BCUT2D eigenvalue weighted by Crippen LogP contribution is -2.05. The van der Waals surface area contributed by atoms with Crippen LogP contribution in [-0.2, 0) is 10.8 Å². The van der Waals surface area contributed by atoms with Gasteiger partial charge in [0.05, 0.1) is 16.4 Å². The minimum Gasteiger partial charge on any atom is -0.478 e. The molecule has 0 radical (unpaired) electrons. The summed E-state index contributed by atoms with van der Waals surface area (Å²) < 4.78 is 25.1. The zero-order valence-corrected chi connectivity index (χ0v) is 11.3. The van der Waals surface area contributed by atoms with Crippen molar-refractivity contribution in [3.8, 4) is 0 Å². The summed E-state index contributed by atoms with van der Waals surface area (Å²) in [5.74, 6) is -1.12. The molecule has 0 aliphatic heterocycles. The fraction of sp³-hybridized carbons (Fsp3) is 0.462. The van der Waals surface area contributed by atoms with Crippen molar-refractivity contribution in [2.75, 3.05) is 5.75 Å². The Balaban J connectivity index is 2.74. The van der Waals surface area contributed by atoms with Crippen molar-refractivity contribution in [3.63, 3.8) is 0 Å². The molecule has 0 saturated carbocycles. The van der Waals surface area contributed by atoms with Crippen molar-refractivity contribution in [2.45, 2.75) is 31.6 Å². The van der Waals surface area contributed by atoms with Crippen LogP contribution < -0.4 is 0 Å². The zero-order chi connectivity index (χ0) is 13.7. The van der Waals surface area contributed by atoms with Gasteiger partial charge >= 0.3 is 5.97 Å². The summed E-state index contributed by atoms with van der Waals surface area (Å²) in [6, 6.07) is 3.59. The molecule has 0 aliphatic rings. The van der Waals surface area contributed by atoms with Gasteiger partial charge in [-0.1, -0.05) is 20.3 Å². The highest BCUT2D eigenvalue weighted by atomic mass is 32.2. The molecule has 1 unspecified atom stereocenters. The van der Waals surface area contributed by atoms with Gasteiger partial charge in [0.2, 0.25) is 0 Å². The number of rotatable bonds is 6. The minimum absolute atomic E-state index is 0.373. The van der Waals surface area contributed by atoms with E-state index in [0.29, 0.717) is 16.6 Å². The Hall–Kier alpha value is -1.23. The lowest BCUT2D eigenvalue weighted by atomic mass is 10.1. The van der Waals surface area contributed by atoms with Gasteiger partial charge in [0, 0.05) is 10.6 Å². The van der Waals surface area contributed by atoms with E-state index in [9.17, 15) is 13.4 Å². The first-order valence-electron chi connectivity index (χ1n) is 5.83.